The molecule has 0 aliphatic heterocycles. The van der Waals surface area contributed by atoms with E-state index in [2.05, 4.69) is 206 Å². The van der Waals surface area contributed by atoms with Gasteiger partial charge < -0.3 is 0 Å². The van der Waals surface area contributed by atoms with E-state index in [0.29, 0.717) is 0 Å². The lowest BCUT2D eigenvalue weighted by atomic mass is 9.70. The summed E-state index contributed by atoms with van der Waals surface area (Å²) in [5, 5.41) is 3.58. The van der Waals surface area contributed by atoms with E-state index in [0.717, 1.165) is 55.8 Å². The maximum absolute atomic E-state index is 5.47. The second-order valence-electron chi connectivity index (χ2n) is 15.2. The van der Waals surface area contributed by atoms with Gasteiger partial charge in [0.15, 0.2) is 0 Å². The molecule has 2 aliphatic carbocycles. The fourth-order valence-corrected chi connectivity index (χ4v) is 9.90. The zero-order chi connectivity index (χ0) is 37.5. The third kappa shape index (κ3) is 4.59. The largest absolute Gasteiger partial charge is 0.248 e. The monoisotopic (exact) mass is 722 g/mol. The molecule has 8 aromatic carbocycles. The van der Waals surface area contributed by atoms with Gasteiger partial charge in [0.05, 0.1) is 28.0 Å². The molecule has 0 saturated heterocycles. The van der Waals surface area contributed by atoms with Crippen LogP contribution in [-0.4, -0.2) is 9.97 Å². The van der Waals surface area contributed by atoms with E-state index in [1.54, 1.807) is 0 Å². The number of pyridine rings is 2. The molecule has 0 saturated carbocycles. The third-order valence-electron chi connectivity index (χ3n) is 12.3. The summed E-state index contributed by atoms with van der Waals surface area (Å²) in [6.07, 6.45) is 0. The molecule has 2 aromatic heterocycles. The predicted octanol–water partition coefficient (Wildman–Crippen LogP) is 13.8. The molecule has 0 amide bonds. The molecule has 0 N–H and O–H groups in total. The Balaban J connectivity index is 1.11. The van der Waals surface area contributed by atoms with Gasteiger partial charge in [0.1, 0.15) is 0 Å². The van der Waals surface area contributed by atoms with Gasteiger partial charge >= 0.3 is 0 Å². The van der Waals surface area contributed by atoms with Gasteiger partial charge in [0.25, 0.3) is 0 Å². The first-order chi connectivity index (χ1) is 28.3. The molecule has 0 unspecified atom stereocenters. The van der Waals surface area contributed by atoms with Crippen LogP contribution in [0.2, 0.25) is 0 Å². The molecule has 0 atom stereocenters. The number of hydrogen-bond acceptors (Lipinski definition) is 2. The highest BCUT2D eigenvalue weighted by atomic mass is 14.7. The third-order valence-corrected chi connectivity index (χ3v) is 12.3. The average molecular weight is 723 g/mol. The summed E-state index contributed by atoms with van der Waals surface area (Å²) >= 11 is 0. The van der Waals surface area contributed by atoms with E-state index < -0.39 is 5.41 Å². The number of hydrogen-bond donors (Lipinski definition) is 0. The molecular formula is C55H34N2. The summed E-state index contributed by atoms with van der Waals surface area (Å²) in [7, 11) is 0. The van der Waals surface area contributed by atoms with Crippen LogP contribution in [0.3, 0.4) is 0 Å². The highest BCUT2D eigenvalue weighted by molar-refractivity contribution is 6.20. The summed E-state index contributed by atoms with van der Waals surface area (Å²) in [5.74, 6) is 0. The molecule has 0 bridgehead atoms. The van der Waals surface area contributed by atoms with Crippen molar-refractivity contribution in [1.29, 1.82) is 0 Å². The van der Waals surface area contributed by atoms with E-state index in [1.165, 1.54) is 55.3 Å². The van der Waals surface area contributed by atoms with E-state index >= 15 is 0 Å². The molecule has 0 fully saturated rings. The first-order valence-corrected chi connectivity index (χ1v) is 19.7. The molecule has 0 radical (unpaired) electrons. The van der Waals surface area contributed by atoms with Gasteiger partial charge in [-0.25, -0.2) is 9.97 Å². The fraction of sp³-hybridized carbons (Fsp3) is 0.0182. The Morgan fingerprint density at radius 3 is 1.51 bits per heavy atom. The Kier molecular flexibility index (Phi) is 6.88. The summed E-state index contributed by atoms with van der Waals surface area (Å²) in [6.45, 7) is 0. The Labute approximate surface area is 331 Å². The van der Waals surface area contributed by atoms with Crippen molar-refractivity contribution in [3.05, 3.63) is 229 Å². The number of fused-ring (bicyclic) bond motifs is 14. The maximum atomic E-state index is 5.47. The van der Waals surface area contributed by atoms with Crippen molar-refractivity contribution < 1.29 is 0 Å². The van der Waals surface area contributed by atoms with Crippen LogP contribution in [0.5, 0.6) is 0 Å². The van der Waals surface area contributed by atoms with Gasteiger partial charge in [-0.15, -0.1) is 0 Å². The first-order valence-electron chi connectivity index (χ1n) is 19.7. The molecule has 12 rings (SSSR count). The topological polar surface area (TPSA) is 25.8 Å². The molecule has 2 nitrogen and oxygen atoms in total. The Morgan fingerprint density at radius 2 is 0.842 bits per heavy atom. The SMILES string of the molecule is c1ccc(-c2cc(-c3cccc(-c4nc5ccccc5c5c6c(ccc45)C4(c5ccccc5-c5ccccc54)c4ccccc4-6)c3)cc(-c3ccccc3)n2)cc1. The molecule has 2 aliphatic rings. The minimum absolute atomic E-state index is 0.411. The van der Waals surface area contributed by atoms with Crippen LogP contribution in [0, 0.1) is 0 Å². The fourth-order valence-electron chi connectivity index (χ4n) is 9.90. The maximum Gasteiger partial charge on any atom is 0.0788 e. The molecule has 1 spiro atoms. The van der Waals surface area contributed by atoms with Gasteiger partial charge in [0.2, 0.25) is 0 Å². The number of para-hydroxylation sites is 1. The lowest BCUT2D eigenvalue weighted by Gasteiger charge is -2.30. The standard InChI is InChI=1S/C55H34N2/c1-3-16-35(17-4-1)50-33-39(34-51(56-50)36-18-5-2-6-19-36)37-20-15-21-38(32-37)54-44-30-31-48-53(52(44)43-25-10-14-29-49(43)57-54)42-24-9-13-28-47(42)55(48)45-26-11-7-22-40(45)41-23-8-12-27-46(41)55/h1-34H. The van der Waals surface area contributed by atoms with Crippen molar-refractivity contribution >= 4 is 21.7 Å². The van der Waals surface area contributed by atoms with Crippen molar-refractivity contribution in [3.63, 3.8) is 0 Å². The minimum Gasteiger partial charge on any atom is -0.248 e. The average Bonchev–Trinajstić information content (AvgIpc) is 3.77. The van der Waals surface area contributed by atoms with Gasteiger partial charge in [-0.05, 0) is 79.9 Å². The molecule has 57 heavy (non-hydrogen) atoms. The lowest BCUT2D eigenvalue weighted by molar-refractivity contribution is 0.794. The number of benzene rings is 8. The van der Waals surface area contributed by atoms with E-state index in [9.17, 15) is 0 Å². The van der Waals surface area contributed by atoms with Crippen LogP contribution >= 0.6 is 0 Å². The number of rotatable bonds is 4. The Hall–Kier alpha value is -7.42. The molecule has 10 aromatic rings. The van der Waals surface area contributed by atoms with Crippen molar-refractivity contribution in [2.24, 2.45) is 0 Å². The van der Waals surface area contributed by atoms with Gasteiger partial charge in [-0.2, -0.15) is 0 Å². The number of aromatic nitrogens is 2. The van der Waals surface area contributed by atoms with Crippen molar-refractivity contribution in [3.8, 4) is 67.2 Å². The second kappa shape index (κ2) is 12.3. The van der Waals surface area contributed by atoms with Crippen molar-refractivity contribution in [2.75, 3.05) is 0 Å². The second-order valence-corrected chi connectivity index (χ2v) is 15.2. The summed E-state index contributed by atoms with van der Waals surface area (Å²) in [5.41, 5.74) is 19.6. The number of nitrogens with zero attached hydrogens (tertiary/aromatic N) is 2. The van der Waals surface area contributed by atoms with Crippen LogP contribution in [0.25, 0.3) is 88.8 Å². The van der Waals surface area contributed by atoms with Crippen LogP contribution in [-0.2, 0) is 5.41 Å². The molecule has 2 heteroatoms. The van der Waals surface area contributed by atoms with E-state index in [1.807, 2.05) is 0 Å². The highest BCUT2D eigenvalue weighted by Gasteiger charge is 2.52. The summed E-state index contributed by atoms with van der Waals surface area (Å²) in [4.78, 5) is 10.6. The van der Waals surface area contributed by atoms with Crippen LogP contribution < -0.4 is 0 Å². The summed E-state index contributed by atoms with van der Waals surface area (Å²) in [6, 6.07) is 74.8. The molecule has 2 heterocycles. The molecule has 264 valence electrons. The van der Waals surface area contributed by atoms with Gasteiger partial charge in [0, 0.05) is 32.8 Å². The zero-order valence-corrected chi connectivity index (χ0v) is 31.0. The van der Waals surface area contributed by atoms with E-state index in [-0.39, 0.29) is 0 Å². The van der Waals surface area contributed by atoms with Gasteiger partial charge in [-0.3, -0.25) is 0 Å². The Morgan fingerprint density at radius 1 is 0.316 bits per heavy atom. The van der Waals surface area contributed by atoms with Crippen molar-refractivity contribution in [2.45, 2.75) is 5.41 Å². The minimum atomic E-state index is -0.411. The zero-order valence-electron chi connectivity index (χ0n) is 31.0. The lowest BCUT2D eigenvalue weighted by Crippen LogP contribution is -2.25. The molecular weight excluding hydrogens is 689 g/mol. The van der Waals surface area contributed by atoms with Crippen molar-refractivity contribution in [1.82, 2.24) is 9.97 Å². The normalized spacial score (nSPS) is 13.1. The van der Waals surface area contributed by atoms with Gasteiger partial charge in [-0.1, -0.05) is 182 Å². The predicted molar refractivity (Wildman–Crippen MR) is 235 cm³/mol. The highest BCUT2D eigenvalue weighted by Crippen LogP contribution is 2.64. The smallest absolute Gasteiger partial charge is 0.0788 e. The van der Waals surface area contributed by atoms with Crippen LogP contribution in [0.15, 0.2) is 206 Å². The Bertz CT molecular complexity index is 3130. The van der Waals surface area contributed by atoms with Crippen LogP contribution in [0.1, 0.15) is 22.3 Å². The quantitative estimate of drug-likeness (QED) is 0.169. The van der Waals surface area contributed by atoms with E-state index in [4.69, 9.17) is 9.97 Å². The first kappa shape index (κ1) is 31.9. The summed E-state index contributed by atoms with van der Waals surface area (Å²) < 4.78 is 0. The van der Waals surface area contributed by atoms with Crippen LogP contribution in [0.4, 0.5) is 0 Å².